The highest BCUT2D eigenvalue weighted by Gasteiger charge is 2.21. The van der Waals surface area contributed by atoms with E-state index in [9.17, 15) is 0 Å². The van der Waals surface area contributed by atoms with Gasteiger partial charge < -0.3 is 15.0 Å². The second-order valence-electron chi connectivity index (χ2n) is 6.18. The van der Waals surface area contributed by atoms with Gasteiger partial charge in [0.25, 0.3) is 0 Å². The third-order valence-corrected chi connectivity index (χ3v) is 4.66. The number of aromatic amines is 3. The van der Waals surface area contributed by atoms with E-state index < -0.39 is 0 Å². The molecule has 3 heterocycles. The van der Waals surface area contributed by atoms with Crippen LogP contribution in [0.4, 0.5) is 0 Å². The minimum Gasteiger partial charge on any atom is -0.364 e. The summed E-state index contributed by atoms with van der Waals surface area (Å²) < 4.78 is 0. The summed E-state index contributed by atoms with van der Waals surface area (Å²) in [6, 6.07) is 25.5. The van der Waals surface area contributed by atoms with Crippen LogP contribution in [0, 0.1) is 0 Å². The first-order valence-corrected chi connectivity index (χ1v) is 8.17. The van der Waals surface area contributed by atoms with Gasteiger partial charge in [0.1, 0.15) is 0 Å². The molecular weight excluding hydrogens is 294 g/mol. The molecule has 5 aromatic rings. The number of fused-ring (bicyclic) bond motifs is 2. The van der Waals surface area contributed by atoms with Crippen LogP contribution in [-0.4, -0.2) is 15.0 Å². The first-order valence-electron chi connectivity index (χ1n) is 8.17. The van der Waals surface area contributed by atoms with Gasteiger partial charge in [-0.1, -0.05) is 36.4 Å². The number of hydrogen-bond acceptors (Lipinski definition) is 0. The lowest BCUT2D eigenvalue weighted by molar-refractivity contribution is 0.875. The zero-order valence-corrected chi connectivity index (χ0v) is 13.1. The molecule has 0 spiro atoms. The SMILES string of the molecule is c1c[nH]c(C(c2cc3ccccc3[nH]2)c2cc3ccccc3[nH]2)c1. The highest BCUT2D eigenvalue weighted by molar-refractivity contribution is 5.82. The van der Waals surface area contributed by atoms with E-state index in [4.69, 9.17) is 0 Å². The third-order valence-electron chi connectivity index (χ3n) is 4.66. The van der Waals surface area contributed by atoms with E-state index in [1.807, 2.05) is 12.3 Å². The van der Waals surface area contributed by atoms with Crippen LogP contribution in [0.25, 0.3) is 21.8 Å². The molecule has 0 amide bonds. The Morgan fingerprint density at radius 2 is 1.17 bits per heavy atom. The normalized spacial score (nSPS) is 11.7. The Morgan fingerprint density at radius 1 is 0.583 bits per heavy atom. The molecule has 0 radical (unpaired) electrons. The predicted octanol–water partition coefficient (Wildman–Crippen LogP) is 5.16. The molecule has 0 saturated carbocycles. The summed E-state index contributed by atoms with van der Waals surface area (Å²) in [5.74, 6) is 0.125. The van der Waals surface area contributed by atoms with Gasteiger partial charge in [0.15, 0.2) is 0 Å². The van der Waals surface area contributed by atoms with Crippen molar-refractivity contribution in [3.8, 4) is 0 Å². The molecule has 24 heavy (non-hydrogen) atoms. The van der Waals surface area contributed by atoms with Crippen molar-refractivity contribution in [1.29, 1.82) is 0 Å². The average Bonchev–Trinajstić information content (AvgIpc) is 3.34. The van der Waals surface area contributed by atoms with Crippen molar-refractivity contribution in [3.63, 3.8) is 0 Å². The van der Waals surface area contributed by atoms with Gasteiger partial charge in [0, 0.05) is 34.3 Å². The highest BCUT2D eigenvalue weighted by atomic mass is 14.8. The molecule has 3 aromatic heterocycles. The minimum absolute atomic E-state index is 0.125. The molecule has 0 saturated heterocycles. The van der Waals surface area contributed by atoms with Crippen LogP contribution in [0.5, 0.6) is 0 Å². The Hall–Kier alpha value is -3.20. The first kappa shape index (κ1) is 13.3. The van der Waals surface area contributed by atoms with Crippen molar-refractivity contribution in [2.75, 3.05) is 0 Å². The number of para-hydroxylation sites is 2. The maximum atomic E-state index is 3.59. The van der Waals surface area contributed by atoms with Crippen molar-refractivity contribution < 1.29 is 0 Å². The molecule has 0 atom stereocenters. The predicted molar refractivity (Wildman–Crippen MR) is 98.3 cm³/mol. The molecule has 3 heteroatoms. The molecule has 3 nitrogen and oxygen atoms in total. The van der Waals surface area contributed by atoms with Gasteiger partial charge in [0.2, 0.25) is 0 Å². The second-order valence-corrected chi connectivity index (χ2v) is 6.18. The number of rotatable bonds is 3. The van der Waals surface area contributed by atoms with E-state index in [-0.39, 0.29) is 5.92 Å². The molecule has 0 aliphatic rings. The molecule has 0 bridgehead atoms. The molecule has 0 fully saturated rings. The van der Waals surface area contributed by atoms with Gasteiger partial charge in [-0.05, 0) is 47.2 Å². The number of aromatic nitrogens is 3. The summed E-state index contributed by atoms with van der Waals surface area (Å²) in [6.45, 7) is 0. The van der Waals surface area contributed by atoms with Crippen LogP contribution < -0.4 is 0 Å². The van der Waals surface area contributed by atoms with E-state index in [1.54, 1.807) is 0 Å². The fourth-order valence-electron chi connectivity index (χ4n) is 3.53. The van der Waals surface area contributed by atoms with Crippen LogP contribution in [0.1, 0.15) is 23.0 Å². The Bertz CT molecular complexity index is 972. The quantitative estimate of drug-likeness (QED) is 0.412. The number of H-pyrrole nitrogens is 3. The number of nitrogens with one attached hydrogen (secondary N) is 3. The van der Waals surface area contributed by atoms with Gasteiger partial charge in [-0.2, -0.15) is 0 Å². The van der Waals surface area contributed by atoms with Crippen molar-refractivity contribution in [3.05, 3.63) is 96.1 Å². The summed E-state index contributed by atoms with van der Waals surface area (Å²) in [5, 5.41) is 2.47. The van der Waals surface area contributed by atoms with E-state index in [0.717, 1.165) is 0 Å². The van der Waals surface area contributed by atoms with E-state index in [1.165, 1.54) is 38.9 Å². The van der Waals surface area contributed by atoms with Gasteiger partial charge in [0.05, 0.1) is 5.92 Å². The van der Waals surface area contributed by atoms with Crippen LogP contribution in [-0.2, 0) is 0 Å². The lowest BCUT2D eigenvalue weighted by atomic mass is 9.97. The molecule has 0 unspecified atom stereocenters. The topological polar surface area (TPSA) is 47.4 Å². The molecular formula is C21H17N3. The molecule has 0 aliphatic carbocycles. The van der Waals surface area contributed by atoms with Crippen LogP contribution >= 0.6 is 0 Å². The van der Waals surface area contributed by atoms with Gasteiger partial charge in [-0.15, -0.1) is 0 Å². The maximum Gasteiger partial charge on any atom is 0.0792 e. The highest BCUT2D eigenvalue weighted by Crippen LogP contribution is 2.33. The molecule has 5 rings (SSSR count). The molecule has 0 aliphatic heterocycles. The first-order chi connectivity index (χ1) is 11.9. The van der Waals surface area contributed by atoms with Crippen molar-refractivity contribution in [2.45, 2.75) is 5.92 Å². The minimum atomic E-state index is 0.125. The Labute approximate surface area is 139 Å². The monoisotopic (exact) mass is 311 g/mol. The van der Waals surface area contributed by atoms with E-state index in [0.29, 0.717) is 0 Å². The van der Waals surface area contributed by atoms with Crippen molar-refractivity contribution in [1.82, 2.24) is 15.0 Å². The van der Waals surface area contributed by atoms with Gasteiger partial charge in [-0.3, -0.25) is 0 Å². The summed E-state index contributed by atoms with van der Waals surface area (Å²) in [5.41, 5.74) is 5.88. The third kappa shape index (κ3) is 2.06. The van der Waals surface area contributed by atoms with Crippen LogP contribution in [0.2, 0.25) is 0 Å². The summed E-state index contributed by atoms with van der Waals surface area (Å²) in [4.78, 5) is 10.6. The van der Waals surface area contributed by atoms with Crippen LogP contribution in [0.3, 0.4) is 0 Å². The lowest BCUT2D eigenvalue weighted by Gasteiger charge is -2.13. The largest absolute Gasteiger partial charge is 0.364 e. The van der Waals surface area contributed by atoms with Crippen LogP contribution in [0.15, 0.2) is 79.0 Å². The smallest absolute Gasteiger partial charge is 0.0792 e. The van der Waals surface area contributed by atoms with E-state index >= 15 is 0 Å². The van der Waals surface area contributed by atoms with E-state index in [2.05, 4.69) is 81.7 Å². The Morgan fingerprint density at radius 3 is 1.67 bits per heavy atom. The Kier molecular flexibility index (Phi) is 2.85. The molecule has 2 aromatic carbocycles. The van der Waals surface area contributed by atoms with Gasteiger partial charge in [-0.25, -0.2) is 0 Å². The second kappa shape index (κ2) is 5.17. The fourth-order valence-corrected chi connectivity index (χ4v) is 3.53. The van der Waals surface area contributed by atoms with Crippen molar-refractivity contribution in [2.24, 2.45) is 0 Å². The molecule has 3 N–H and O–H groups in total. The fraction of sp³-hybridized carbons (Fsp3) is 0.0476. The standard InChI is InChI=1S/C21H17N3/c1-3-8-16-14(6-1)12-19(23-16)21(18-10-5-11-22-18)20-13-15-7-2-4-9-17(15)24-20/h1-13,21-24H. The molecule has 116 valence electrons. The number of benzene rings is 2. The van der Waals surface area contributed by atoms with Crippen molar-refractivity contribution >= 4 is 21.8 Å². The van der Waals surface area contributed by atoms with Gasteiger partial charge >= 0.3 is 0 Å². The Balaban J connectivity index is 1.72. The average molecular weight is 311 g/mol. The maximum absolute atomic E-state index is 3.59. The lowest BCUT2D eigenvalue weighted by Crippen LogP contribution is -2.04. The summed E-state index contributed by atoms with van der Waals surface area (Å²) >= 11 is 0. The zero-order chi connectivity index (χ0) is 15.9. The zero-order valence-electron chi connectivity index (χ0n) is 13.1. The summed E-state index contributed by atoms with van der Waals surface area (Å²) in [6.07, 6.45) is 1.98. The summed E-state index contributed by atoms with van der Waals surface area (Å²) in [7, 11) is 0. The number of hydrogen-bond donors (Lipinski definition) is 3.